The van der Waals surface area contributed by atoms with Crippen molar-refractivity contribution in [3.8, 4) is 0 Å². The van der Waals surface area contributed by atoms with Crippen molar-refractivity contribution in [2.24, 2.45) is 5.41 Å². The minimum atomic E-state index is 0.422. The molecule has 0 aromatic rings. The highest BCUT2D eigenvalue weighted by atomic mass is 79.9. The first-order chi connectivity index (χ1) is 7.23. The summed E-state index contributed by atoms with van der Waals surface area (Å²) < 4.78 is 0. The van der Waals surface area contributed by atoms with Crippen LogP contribution in [0.5, 0.6) is 0 Å². The number of carbonyl (C=O) groups excluding carboxylic acids is 1. The zero-order chi connectivity index (χ0) is 10.9. The number of Topliss-reactive ketones (excluding diaryl/α,β-unsaturated/α-hetero) is 1. The average Bonchev–Trinajstić information content (AvgIpc) is 2.67. The smallest absolute Gasteiger partial charge is 0.158 e. The molecule has 0 aliphatic heterocycles. The Kier molecular flexibility index (Phi) is 3.34. The SMILES string of the molecule is CC[C@]12CCCC1=C(CCBr)C(=O)CC2. The molecule has 0 aromatic heterocycles. The molecule has 84 valence electrons. The summed E-state index contributed by atoms with van der Waals surface area (Å²) in [5, 5.41) is 0.928. The van der Waals surface area contributed by atoms with E-state index < -0.39 is 0 Å². The van der Waals surface area contributed by atoms with Gasteiger partial charge in [-0.1, -0.05) is 28.4 Å². The molecule has 1 saturated carbocycles. The van der Waals surface area contributed by atoms with Crippen LogP contribution >= 0.6 is 15.9 Å². The van der Waals surface area contributed by atoms with E-state index in [0.717, 1.165) is 24.6 Å². The Hall–Kier alpha value is -0.110. The average molecular weight is 271 g/mol. The molecule has 0 unspecified atom stereocenters. The zero-order valence-corrected chi connectivity index (χ0v) is 11.0. The van der Waals surface area contributed by atoms with Crippen LogP contribution < -0.4 is 0 Å². The van der Waals surface area contributed by atoms with Crippen LogP contribution in [0.1, 0.15) is 51.9 Å². The summed E-state index contributed by atoms with van der Waals surface area (Å²) in [7, 11) is 0. The van der Waals surface area contributed by atoms with E-state index in [-0.39, 0.29) is 0 Å². The number of ketones is 1. The van der Waals surface area contributed by atoms with Crippen molar-refractivity contribution < 1.29 is 4.79 Å². The standard InChI is InChI=1S/C13H19BrO/c1-2-13-7-3-4-11(13)10(6-9-14)12(15)5-8-13/h2-9H2,1H3/t13-/m1/s1. The highest BCUT2D eigenvalue weighted by Crippen LogP contribution is 2.53. The summed E-state index contributed by atoms with van der Waals surface area (Å²) in [4.78, 5) is 11.9. The topological polar surface area (TPSA) is 17.1 Å². The van der Waals surface area contributed by atoms with E-state index in [2.05, 4.69) is 22.9 Å². The molecule has 0 N–H and O–H groups in total. The fourth-order valence-corrected chi connectivity index (χ4v) is 3.79. The Balaban J connectivity index is 2.39. The number of hydrogen-bond acceptors (Lipinski definition) is 1. The lowest BCUT2D eigenvalue weighted by Gasteiger charge is -2.35. The Bertz CT molecular complexity index is 306. The van der Waals surface area contributed by atoms with Gasteiger partial charge in [-0.2, -0.15) is 0 Å². The predicted octanol–water partition coefficient (Wildman–Crippen LogP) is 4.01. The van der Waals surface area contributed by atoms with E-state index >= 15 is 0 Å². The molecule has 2 aliphatic carbocycles. The molecule has 1 nitrogen and oxygen atoms in total. The van der Waals surface area contributed by atoms with Crippen LogP contribution in [-0.2, 0) is 4.79 Å². The van der Waals surface area contributed by atoms with Gasteiger partial charge in [0.15, 0.2) is 5.78 Å². The van der Waals surface area contributed by atoms with Crippen molar-refractivity contribution in [1.29, 1.82) is 0 Å². The van der Waals surface area contributed by atoms with Crippen molar-refractivity contribution in [3.63, 3.8) is 0 Å². The summed E-state index contributed by atoms with van der Waals surface area (Å²) in [5.74, 6) is 0.426. The number of fused-ring (bicyclic) bond motifs is 1. The van der Waals surface area contributed by atoms with Crippen molar-refractivity contribution in [3.05, 3.63) is 11.1 Å². The van der Waals surface area contributed by atoms with Gasteiger partial charge in [0, 0.05) is 11.8 Å². The fraction of sp³-hybridized carbons (Fsp3) is 0.769. The first-order valence-electron chi connectivity index (χ1n) is 6.05. The van der Waals surface area contributed by atoms with Gasteiger partial charge in [-0.15, -0.1) is 0 Å². The van der Waals surface area contributed by atoms with E-state index in [1.54, 1.807) is 0 Å². The number of alkyl halides is 1. The van der Waals surface area contributed by atoms with Crippen molar-refractivity contribution in [1.82, 2.24) is 0 Å². The molecule has 2 aliphatic rings. The lowest BCUT2D eigenvalue weighted by atomic mass is 9.69. The highest BCUT2D eigenvalue weighted by molar-refractivity contribution is 9.09. The van der Waals surface area contributed by atoms with Crippen molar-refractivity contribution in [2.45, 2.75) is 51.9 Å². The van der Waals surface area contributed by atoms with Gasteiger partial charge in [-0.25, -0.2) is 0 Å². The minimum Gasteiger partial charge on any atom is -0.295 e. The monoisotopic (exact) mass is 270 g/mol. The van der Waals surface area contributed by atoms with E-state index in [4.69, 9.17) is 0 Å². The molecule has 0 heterocycles. The van der Waals surface area contributed by atoms with Crippen molar-refractivity contribution in [2.75, 3.05) is 5.33 Å². The zero-order valence-electron chi connectivity index (χ0n) is 9.44. The molecule has 0 aromatic carbocycles. The number of allylic oxidation sites excluding steroid dienone is 2. The first kappa shape index (κ1) is 11.4. The van der Waals surface area contributed by atoms with Crippen LogP contribution in [0.25, 0.3) is 0 Å². The van der Waals surface area contributed by atoms with Crippen LogP contribution in [0, 0.1) is 5.41 Å². The van der Waals surface area contributed by atoms with Gasteiger partial charge in [0.1, 0.15) is 0 Å². The number of hydrogen-bond donors (Lipinski definition) is 0. The molecule has 1 fully saturated rings. The molecule has 0 radical (unpaired) electrons. The molecule has 2 rings (SSSR count). The Morgan fingerprint density at radius 2 is 2.13 bits per heavy atom. The van der Waals surface area contributed by atoms with Crippen LogP contribution in [0.15, 0.2) is 11.1 Å². The maximum atomic E-state index is 11.9. The maximum absolute atomic E-state index is 11.9. The summed E-state index contributed by atoms with van der Waals surface area (Å²) in [6, 6.07) is 0. The fourth-order valence-electron chi connectivity index (χ4n) is 3.39. The molecular weight excluding hydrogens is 252 g/mol. The Morgan fingerprint density at radius 3 is 2.80 bits per heavy atom. The van der Waals surface area contributed by atoms with E-state index in [9.17, 15) is 4.79 Å². The number of rotatable bonds is 3. The van der Waals surface area contributed by atoms with Gasteiger partial charge in [-0.3, -0.25) is 4.79 Å². The Labute approximate surface area is 100 Å². The summed E-state index contributed by atoms with van der Waals surface area (Å²) in [6.45, 7) is 2.28. The van der Waals surface area contributed by atoms with Gasteiger partial charge in [0.25, 0.3) is 0 Å². The van der Waals surface area contributed by atoms with Gasteiger partial charge < -0.3 is 0 Å². The minimum absolute atomic E-state index is 0.422. The lowest BCUT2D eigenvalue weighted by Crippen LogP contribution is -2.27. The molecular formula is C13H19BrO. The second kappa shape index (κ2) is 4.40. The summed E-state index contributed by atoms with van der Waals surface area (Å²) >= 11 is 3.46. The number of halogens is 1. The predicted molar refractivity (Wildman–Crippen MR) is 66.3 cm³/mol. The largest absolute Gasteiger partial charge is 0.295 e. The third-order valence-corrected chi connectivity index (χ3v) is 4.67. The van der Waals surface area contributed by atoms with Crippen LogP contribution in [0.3, 0.4) is 0 Å². The first-order valence-corrected chi connectivity index (χ1v) is 7.17. The molecule has 15 heavy (non-hydrogen) atoms. The third kappa shape index (κ3) is 1.82. The van der Waals surface area contributed by atoms with Crippen LogP contribution in [0.2, 0.25) is 0 Å². The third-order valence-electron chi connectivity index (χ3n) is 4.28. The second-order valence-corrected chi connectivity index (χ2v) is 5.60. The van der Waals surface area contributed by atoms with E-state index in [0.29, 0.717) is 11.2 Å². The number of carbonyl (C=O) groups is 1. The van der Waals surface area contributed by atoms with Gasteiger partial charge in [0.05, 0.1) is 0 Å². The molecule has 0 bridgehead atoms. The molecule has 0 spiro atoms. The van der Waals surface area contributed by atoms with Crippen LogP contribution in [0.4, 0.5) is 0 Å². The maximum Gasteiger partial charge on any atom is 0.158 e. The Morgan fingerprint density at radius 1 is 1.33 bits per heavy atom. The quantitative estimate of drug-likeness (QED) is 0.709. The van der Waals surface area contributed by atoms with Gasteiger partial charge >= 0.3 is 0 Å². The summed E-state index contributed by atoms with van der Waals surface area (Å²) in [5.41, 5.74) is 3.13. The van der Waals surface area contributed by atoms with Gasteiger partial charge in [0.2, 0.25) is 0 Å². The molecule has 2 heteroatoms. The molecule has 0 amide bonds. The van der Waals surface area contributed by atoms with Gasteiger partial charge in [-0.05, 0) is 49.5 Å². The normalized spacial score (nSPS) is 30.9. The van der Waals surface area contributed by atoms with Crippen molar-refractivity contribution >= 4 is 21.7 Å². The summed E-state index contributed by atoms with van der Waals surface area (Å²) in [6.07, 6.45) is 7.86. The lowest BCUT2D eigenvalue weighted by molar-refractivity contribution is -0.117. The van der Waals surface area contributed by atoms with E-state index in [1.165, 1.54) is 36.8 Å². The second-order valence-electron chi connectivity index (χ2n) is 4.81. The van der Waals surface area contributed by atoms with E-state index in [1.807, 2.05) is 0 Å². The highest BCUT2D eigenvalue weighted by Gasteiger charge is 2.42. The molecule has 0 saturated heterocycles. The molecule has 1 atom stereocenters. The van der Waals surface area contributed by atoms with Crippen LogP contribution in [-0.4, -0.2) is 11.1 Å².